The molecule has 1 aromatic carbocycles. The minimum Gasteiger partial charge on any atom is -0.327 e. The van der Waals surface area contributed by atoms with E-state index in [0.29, 0.717) is 11.6 Å². The number of benzene rings is 1. The molecule has 0 spiro atoms. The van der Waals surface area contributed by atoms with Gasteiger partial charge in [-0.15, -0.1) is 0 Å². The summed E-state index contributed by atoms with van der Waals surface area (Å²) in [7, 11) is 5.25. The molecule has 2 heterocycles. The maximum Gasteiger partial charge on any atom is 0.277 e. The molecule has 1 aliphatic heterocycles. The Bertz CT molecular complexity index is 674. The van der Waals surface area contributed by atoms with Gasteiger partial charge in [0.25, 0.3) is 5.91 Å². The molecular formula is C16H22N4O2. The fraction of sp³-hybridized carbons (Fsp3) is 0.500. The van der Waals surface area contributed by atoms with E-state index in [1.165, 1.54) is 12.2 Å². The lowest BCUT2D eigenvalue weighted by atomic mass is 10.0. The van der Waals surface area contributed by atoms with Crippen molar-refractivity contribution >= 4 is 16.9 Å². The van der Waals surface area contributed by atoms with E-state index >= 15 is 0 Å². The van der Waals surface area contributed by atoms with Crippen LogP contribution in [0.4, 0.5) is 0 Å². The fourth-order valence-corrected chi connectivity index (χ4v) is 2.99. The van der Waals surface area contributed by atoms with E-state index in [-0.39, 0.29) is 5.91 Å². The van der Waals surface area contributed by atoms with Crippen molar-refractivity contribution in [3.8, 4) is 0 Å². The van der Waals surface area contributed by atoms with E-state index in [1.807, 2.05) is 18.5 Å². The summed E-state index contributed by atoms with van der Waals surface area (Å²) in [4.78, 5) is 24.0. The molecule has 1 fully saturated rings. The van der Waals surface area contributed by atoms with Crippen LogP contribution in [0, 0.1) is 0 Å². The van der Waals surface area contributed by atoms with Gasteiger partial charge < -0.3 is 9.47 Å². The predicted octanol–water partition coefficient (Wildman–Crippen LogP) is 1.94. The monoisotopic (exact) mass is 302 g/mol. The number of likely N-dealkylation sites (tertiary alicyclic amines) is 1. The average Bonchev–Trinajstić information content (AvgIpc) is 2.97. The molecule has 0 bridgehead atoms. The summed E-state index contributed by atoms with van der Waals surface area (Å²) in [5.74, 6) is -0.152. The molecule has 0 atom stereocenters. The van der Waals surface area contributed by atoms with Crippen molar-refractivity contribution in [1.82, 2.24) is 19.5 Å². The van der Waals surface area contributed by atoms with E-state index in [9.17, 15) is 4.79 Å². The summed E-state index contributed by atoms with van der Waals surface area (Å²) in [5.41, 5.74) is 2.56. The molecule has 1 saturated heterocycles. The second kappa shape index (κ2) is 6.06. The van der Waals surface area contributed by atoms with E-state index in [2.05, 4.69) is 21.5 Å². The van der Waals surface area contributed by atoms with Crippen molar-refractivity contribution in [2.45, 2.75) is 18.9 Å². The van der Waals surface area contributed by atoms with Crippen molar-refractivity contribution in [2.75, 3.05) is 34.3 Å². The summed E-state index contributed by atoms with van der Waals surface area (Å²) >= 11 is 0. The molecule has 6 nitrogen and oxygen atoms in total. The zero-order chi connectivity index (χ0) is 15.7. The summed E-state index contributed by atoms with van der Waals surface area (Å²) in [5, 5.41) is 1.23. The van der Waals surface area contributed by atoms with Crippen LogP contribution in [0.15, 0.2) is 24.5 Å². The Labute approximate surface area is 130 Å². The van der Waals surface area contributed by atoms with Gasteiger partial charge in [0, 0.05) is 18.7 Å². The van der Waals surface area contributed by atoms with Crippen LogP contribution in [-0.2, 0) is 4.84 Å². The van der Waals surface area contributed by atoms with Gasteiger partial charge in [-0.05, 0) is 51.2 Å². The highest BCUT2D eigenvalue weighted by molar-refractivity contribution is 5.96. The first-order valence-corrected chi connectivity index (χ1v) is 7.57. The number of hydrogen-bond acceptors (Lipinski definition) is 4. The Balaban J connectivity index is 1.93. The summed E-state index contributed by atoms with van der Waals surface area (Å²) in [6, 6.07) is 6.06. The molecule has 22 heavy (non-hydrogen) atoms. The van der Waals surface area contributed by atoms with Crippen molar-refractivity contribution < 1.29 is 9.63 Å². The van der Waals surface area contributed by atoms with Crippen LogP contribution in [0.1, 0.15) is 29.2 Å². The highest BCUT2D eigenvalue weighted by Crippen LogP contribution is 2.26. The van der Waals surface area contributed by atoms with Crippen LogP contribution in [0.25, 0.3) is 11.0 Å². The number of imidazole rings is 1. The van der Waals surface area contributed by atoms with E-state index in [4.69, 9.17) is 4.84 Å². The molecule has 6 heteroatoms. The number of piperidine rings is 1. The highest BCUT2D eigenvalue weighted by atomic mass is 16.7. The number of rotatable bonds is 3. The lowest BCUT2D eigenvalue weighted by Gasteiger charge is -2.30. The minimum atomic E-state index is -0.152. The van der Waals surface area contributed by atoms with Crippen LogP contribution in [0.5, 0.6) is 0 Å². The van der Waals surface area contributed by atoms with Gasteiger partial charge in [-0.3, -0.25) is 9.63 Å². The predicted molar refractivity (Wildman–Crippen MR) is 84.6 cm³/mol. The molecule has 1 aliphatic rings. The Morgan fingerprint density at radius 3 is 2.77 bits per heavy atom. The van der Waals surface area contributed by atoms with Gasteiger partial charge in [0.2, 0.25) is 0 Å². The van der Waals surface area contributed by atoms with Gasteiger partial charge in [-0.1, -0.05) is 0 Å². The summed E-state index contributed by atoms with van der Waals surface area (Å²) in [6.45, 7) is 2.19. The van der Waals surface area contributed by atoms with Gasteiger partial charge in [-0.2, -0.15) is 0 Å². The van der Waals surface area contributed by atoms with Crippen molar-refractivity contribution in [2.24, 2.45) is 0 Å². The summed E-state index contributed by atoms with van der Waals surface area (Å²) < 4.78 is 2.21. The molecule has 0 aliphatic carbocycles. The smallest absolute Gasteiger partial charge is 0.277 e. The number of aromatic nitrogens is 2. The van der Waals surface area contributed by atoms with Gasteiger partial charge in [0.05, 0.1) is 24.5 Å². The number of nitrogens with zero attached hydrogens (tertiary/aromatic N) is 4. The third-order valence-electron chi connectivity index (χ3n) is 4.46. The van der Waals surface area contributed by atoms with E-state index < -0.39 is 0 Å². The second-order valence-corrected chi connectivity index (χ2v) is 5.87. The number of hydrogen-bond donors (Lipinski definition) is 0. The van der Waals surface area contributed by atoms with E-state index in [0.717, 1.165) is 37.0 Å². The second-order valence-electron chi connectivity index (χ2n) is 5.87. The molecule has 118 valence electrons. The Morgan fingerprint density at radius 2 is 2.09 bits per heavy atom. The highest BCUT2D eigenvalue weighted by Gasteiger charge is 2.21. The van der Waals surface area contributed by atoms with Gasteiger partial charge >= 0.3 is 0 Å². The molecule has 1 amide bonds. The molecule has 0 unspecified atom stereocenters. The zero-order valence-corrected chi connectivity index (χ0v) is 13.3. The Hall–Kier alpha value is -1.92. The lowest BCUT2D eigenvalue weighted by Crippen LogP contribution is -2.31. The van der Waals surface area contributed by atoms with Crippen molar-refractivity contribution in [3.05, 3.63) is 30.1 Å². The third kappa shape index (κ3) is 2.71. The van der Waals surface area contributed by atoms with Gasteiger partial charge in [0.1, 0.15) is 0 Å². The SMILES string of the molecule is CON(C)C(=O)c1ccc2ncn(C3CCN(C)CC3)c2c1. The molecule has 0 saturated carbocycles. The minimum absolute atomic E-state index is 0.152. The van der Waals surface area contributed by atoms with Crippen LogP contribution in [0.3, 0.4) is 0 Å². The lowest BCUT2D eigenvalue weighted by molar-refractivity contribution is -0.0756. The number of carbonyl (C=O) groups excluding carboxylic acids is 1. The largest absolute Gasteiger partial charge is 0.327 e. The summed E-state index contributed by atoms with van der Waals surface area (Å²) in [6.07, 6.45) is 4.12. The number of hydroxylamine groups is 2. The zero-order valence-electron chi connectivity index (χ0n) is 13.3. The van der Waals surface area contributed by atoms with Crippen LogP contribution in [-0.4, -0.2) is 59.7 Å². The molecule has 2 aromatic rings. The quantitative estimate of drug-likeness (QED) is 0.813. The first-order chi connectivity index (χ1) is 10.6. The Kier molecular flexibility index (Phi) is 4.13. The van der Waals surface area contributed by atoms with Crippen LogP contribution in [0.2, 0.25) is 0 Å². The fourth-order valence-electron chi connectivity index (χ4n) is 2.99. The number of carbonyl (C=O) groups is 1. The molecule has 0 radical (unpaired) electrons. The standard InChI is InChI=1S/C16H22N4O2/c1-18-8-6-13(7-9-18)20-11-17-14-5-4-12(10-15(14)20)16(21)19(2)22-3/h4-5,10-11,13H,6-9H2,1-3H3. The molecule has 1 aromatic heterocycles. The maximum atomic E-state index is 12.2. The first-order valence-electron chi connectivity index (χ1n) is 7.57. The topological polar surface area (TPSA) is 50.6 Å². The van der Waals surface area contributed by atoms with Crippen molar-refractivity contribution in [1.29, 1.82) is 0 Å². The third-order valence-corrected chi connectivity index (χ3v) is 4.46. The van der Waals surface area contributed by atoms with Crippen LogP contribution >= 0.6 is 0 Å². The molecular weight excluding hydrogens is 280 g/mol. The first kappa shape index (κ1) is 15.0. The Morgan fingerprint density at radius 1 is 1.36 bits per heavy atom. The van der Waals surface area contributed by atoms with Crippen LogP contribution < -0.4 is 0 Å². The number of fused-ring (bicyclic) bond motifs is 1. The number of amides is 1. The normalized spacial score (nSPS) is 17.0. The molecule has 0 N–H and O–H groups in total. The van der Waals surface area contributed by atoms with E-state index in [1.54, 1.807) is 13.1 Å². The maximum absolute atomic E-state index is 12.2. The van der Waals surface area contributed by atoms with Gasteiger partial charge in [0.15, 0.2) is 0 Å². The van der Waals surface area contributed by atoms with Crippen molar-refractivity contribution in [3.63, 3.8) is 0 Å². The van der Waals surface area contributed by atoms with Gasteiger partial charge in [-0.25, -0.2) is 10.0 Å². The average molecular weight is 302 g/mol. The molecule has 3 rings (SSSR count).